The first-order valence-corrected chi connectivity index (χ1v) is 7.92. The van der Waals surface area contributed by atoms with Gasteiger partial charge in [-0.2, -0.15) is 0 Å². The molecule has 0 spiro atoms. The summed E-state index contributed by atoms with van der Waals surface area (Å²) in [5, 5.41) is 10.1. The molecule has 4 nitrogen and oxygen atoms in total. The number of rotatable bonds is 5. The van der Waals surface area contributed by atoms with Crippen molar-refractivity contribution in [3.8, 4) is 5.75 Å². The van der Waals surface area contributed by atoms with E-state index in [1.807, 2.05) is 24.3 Å². The van der Waals surface area contributed by atoms with Crippen molar-refractivity contribution in [1.82, 2.24) is 0 Å². The molecule has 3 rings (SSSR count). The van der Waals surface area contributed by atoms with Crippen molar-refractivity contribution in [3.05, 3.63) is 64.0 Å². The zero-order chi connectivity index (χ0) is 16.4. The van der Waals surface area contributed by atoms with Crippen LogP contribution in [0.4, 0.5) is 0 Å². The Morgan fingerprint density at radius 2 is 1.78 bits per heavy atom. The third kappa shape index (κ3) is 3.21. The van der Waals surface area contributed by atoms with Gasteiger partial charge in [0.15, 0.2) is 6.61 Å². The largest absolute Gasteiger partial charge is 0.480 e. The molecule has 0 aliphatic rings. The second-order valence-corrected chi connectivity index (χ2v) is 6.26. The summed E-state index contributed by atoms with van der Waals surface area (Å²) in [6.45, 7) is -0.498. The SMILES string of the molecule is O=C(O)COc1c(C(=O)c2ccc(Cl)cc2)sc2ccccc12. The molecule has 1 heterocycles. The number of hydrogen-bond acceptors (Lipinski definition) is 4. The molecule has 0 unspecified atom stereocenters. The number of benzene rings is 2. The zero-order valence-corrected chi connectivity index (χ0v) is 13.4. The molecular weight excluding hydrogens is 336 g/mol. The second kappa shape index (κ2) is 6.40. The van der Waals surface area contributed by atoms with Crippen LogP contribution >= 0.6 is 22.9 Å². The minimum absolute atomic E-state index is 0.219. The van der Waals surface area contributed by atoms with Gasteiger partial charge in [-0.3, -0.25) is 4.79 Å². The van der Waals surface area contributed by atoms with Gasteiger partial charge in [-0.1, -0.05) is 23.7 Å². The molecule has 2 aromatic carbocycles. The lowest BCUT2D eigenvalue weighted by Gasteiger charge is -2.05. The third-order valence-electron chi connectivity index (χ3n) is 3.20. The van der Waals surface area contributed by atoms with Gasteiger partial charge in [0.05, 0.1) is 0 Å². The maximum Gasteiger partial charge on any atom is 0.341 e. The minimum Gasteiger partial charge on any atom is -0.480 e. The molecule has 6 heteroatoms. The molecule has 0 saturated carbocycles. The monoisotopic (exact) mass is 346 g/mol. The van der Waals surface area contributed by atoms with E-state index in [0.717, 1.165) is 10.1 Å². The highest BCUT2D eigenvalue weighted by Crippen LogP contribution is 2.39. The van der Waals surface area contributed by atoms with Crippen LogP contribution in [0, 0.1) is 0 Å². The first-order chi connectivity index (χ1) is 11.1. The molecule has 0 radical (unpaired) electrons. The first-order valence-electron chi connectivity index (χ1n) is 6.72. The number of halogens is 1. The fraction of sp³-hybridized carbons (Fsp3) is 0.0588. The smallest absolute Gasteiger partial charge is 0.341 e. The molecule has 3 aromatic rings. The fourth-order valence-corrected chi connectivity index (χ4v) is 3.42. The number of ether oxygens (including phenoxy) is 1. The van der Waals surface area contributed by atoms with Gasteiger partial charge >= 0.3 is 5.97 Å². The number of hydrogen-bond donors (Lipinski definition) is 1. The number of ketones is 1. The highest BCUT2D eigenvalue weighted by atomic mass is 35.5. The Kier molecular flexibility index (Phi) is 4.32. The van der Waals surface area contributed by atoms with Crippen molar-refractivity contribution >= 4 is 44.8 Å². The second-order valence-electron chi connectivity index (χ2n) is 4.77. The van der Waals surface area contributed by atoms with E-state index >= 15 is 0 Å². The Labute approximate surface area is 140 Å². The van der Waals surface area contributed by atoms with E-state index in [9.17, 15) is 9.59 Å². The van der Waals surface area contributed by atoms with Gasteiger partial charge < -0.3 is 9.84 Å². The highest BCUT2D eigenvalue weighted by Gasteiger charge is 2.21. The van der Waals surface area contributed by atoms with E-state index in [2.05, 4.69) is 0 Å². The Bertz CT molecular complexity index is 883. The summed E-state index contributed by atoms with van der Waals surface area (Å²) in [4.78, 5) is 23.9. The number of carboxylic acid groups (broad SMARTS) is 1. The normalized spacial score (nSPS) is 10.7. The molecule has 0 aliphatic heterocycles. The molecule has 1 aromatic heterocycles. The summed E-state index contributed by atoms with van der Waals surface area (Å²) in [6, 6.07) is 13.9. The van der Waals surface area contributed by atoms with Crippen molar-refractivity contribution < 1.29 is 19.4 Å². The van der Waals surface area contributed by atoms with Crippen LogP contribution in [-0.4, -0.2) is 23.5 Å². The van der Waals surface area contributed by atoms with Gasteiger partial charge in [0, 0.05) is 20.7 Å². The molecule has 0 atom stereocenters. The summed E-state index contributed by atoms with van der Waals surface area (Å²) in [6.07, 6.45) is 0. The first kappa shape index (κ1) is 15.5. The van der Waals surface area contributed by atoms with E-state index in [4.69, 9.17) is 21.4 Å². The lowest BCUT2D eigenvalue weighted by Crippen LogP contribution is -2.11. The van der Waals surface area contributed by atoms with Crippen LogP contribution in [0.1, 0.15) is 15.2 Å². The van der Waals surface area contributed by atoms with Gasteiger partial charge in [-0.15, -0.1) is 11.3 Å². The van der Waals surface area contributed by atoms with Crippen molar-refractivity contribution in [2.75, 3.05) is 6.61 Å². The lowest BCUT2D eigenvalue weighted by atomic mass is 10.1. The molecule has 0 saturated heterocycles. The summed E-state index contributed by atoms with van der Waals surface area (Å²) < 4.78 is 6.25. The van der Waals surface area contributed by atoms with Crippen LogP contribution in [0.2, 0.25) is 5.02 Å². The topological polar surface area (TPSA) is 63.6 Å². The minimum atomic E-state index is -1.09. The Balaban J connectivity index is 2.08. The Hall–Kier alpha value is -2.37. The number of thiophene rings is 1. The van der Waals surface area contributed by atoms with Crippen LogP contribution in [0.15, 0.2) is 48.5 Å². The highest BCUT2D eigenvalue weighted by molar-refractivity contribution is 7.21. The molecule has 0 aliphatic carbocycles. The molecule has 1 N–H and O–H groups in total. The number of carbonyl (C=O) groups excluding carboxylic acids is 1. The number of carbonyl (C=O) groups is 2. The lowest BCUT2D eigenvalue weighted by molar-refractivity contribution is -0.139. The van der Waals surface area contributed by atoms with Crippen molar-refractivity contribution in [1.29, 1.82) is 0 Å². The summed E-state index contributed by atoms with van der Waals surface area (Å²) >= 11 is 7.13. The molecule has 116 valence electrons. The van der Waals surface area contributed by atoms with E-state index < -0.39 is 12.6 Å². The summed E-state index contributed by atoms with van der Waals surface area (Å²) in [7, 11) is 0. The number of fused-ring (bicyclic) bond motifs is 1. The predicted molar refractivity (Wildman–Crippen MR) is 89.8 cm³/mol. The zero-order valence-electron chi connectivity index (χ0n) is 11.8. The van der Waals surface area contributed by atoms with Crippen LogP contribution in [0.25, 0.3) is 10.1 Å². The molecule has 0 amide bonds. The maximum absolute atomic E-state index is 12.7. The quantitative estimate of drug-likeness (QED) is 0.701. The Morgan fingerprint density at radius 1 is 1.09 bits per heavy atom. The fourth-order valence-electron chi connectivity index (χ4n) is 2.18. The van der Waals surface area contributed by atoms with Gasteiger partial charge in [0.2, 0.25) is 5.78 Å². The van der Waals surface area contributed by atoms with Crippen LogP contribution in [0.3, 0.4) is 0 Å². The van der Waals surface area contributed by atoms with E-state index in [0.29, 0.717) is 21.2 Å². The van der Waals surface area contributed by atoms with Gasteiger partial charge in [-0.25, -0.2) is 4.79 Å². The standard InChI is InChI=1S/C17H11ClO4S/c18-11-7-5-10(6-8-11)15(21)17-16(22-9-14(19)20)12-3-1-2-4-13(12)23-17/h1-8H,9H2,(H,19,20). The van der Waals surface area contributed by atoms with Gasteiger partial charge in [0.25, 0.3) is 0 Å². The Morgan fingerprint density at radius 3 is 2.48 bits per heavy atom. The average Bonchev–Trinajstić information content (AvgIpc) is 2.91. The molecule has 0 bridgehead atoms. The van der Waals surface area contributed by atoms with Gasteiger partial charge in [0.1, 0.15) is 10.6 Å². The van der Waals surface area contributed by atoms with E-state index in [-0.39, 0.29) is 5.78 Å². The van der Waals surface area contributed by atoms with Gasteiger partial charge in [-0.05, 0) is 36.4 Å². The summed E-state index contributed by atoms with van der Waals surface area (Å²) in [5.41, 5.74) is 0.473. The van der Waals surface area contributed by atoms with Crippen LogP contribution < -0.4 is 4.74 Å². The van der Waals surface area contributed by atoms with Crippen molar-refractivity contribution in [2.45, 2.75) is 0 Å². The number of carboxylic acids is 1. The summed E-state index contributed by atoms with van der Waals surface area (Å²) in [5.74, 6) is -0.999. The van der Waals surface area contributed by atoms with Crippen molar-refractivity contribution in [2.24, 2.45) is 0 Å². The molecule has 0 fully saturated rings. The average molecular weight is 347 g/mol. The molecular formula is C17H11ClO4S. The van der Waals surface area contributed by atoms with Crippen LogP contribution in [0.5, 0.6) is 5.75 Å². The molecule has 23 heavy (non-hydrogen) atoms. The van der Waals surface area contributed by atoms with E-state index in [1.165, 1.54) is 11.3 Å². The van der Waals surface area contributed by atoms with Crippen molar-refractivity contribution in [3.63, 3.8) is 0 Å². The third-order valence-corrected chi connectivity index (χ3v) is 4.61. The number of aliphatic carboxylic acids is 1. The predicted octanol–water partition coefficient (Wildman–Crippen LogP) is 4.25. The van der Waals surface area contributed by atoms with E-state index in [1.54, 1.807) is 24.3 Å². The van der Waals surface area contributed by atoms with Crippen LogP contribution in [-0.2, 0) is 4.79 Å². The maximum atomic E-state index is 12.7.